The second-order valence-corrected chi connectivity index (χ2v) is 7.12. The van der Waals surface area contributed by atoms with E-state index in [9.17, 15) is 67.0 Å². The van der Waals surface area contributed by atoms with Crippen molar-refractivity contribution in [3.05, 3.63) is 69.2 Å². The van der Waals surface area contributed by atoms with E-state index in [4.69, 9.17) is 0 Å². The van der Waals surface area contributed by atoms with Crippen LogP contribution in [0.2, 0.25) is 0 Å². The third-order valence-corrected chi connectivity index (χ3v) is 4.67. The molecule has 3 rings (SSSR count). The van der Waals surface area contributed by atoms with Crippen molar-refractivity contribution in [2.45, 2.75) is 25.5 Å². The number of benzene rings is 1. The molecule has 0 saturated carbocycles. The molecular formula is C19H6F13MnN3O2. The van der Waals surface area contributed by atoms with Gasteiger partial charge in [0.2, 0.25) is 11.7 Å². The van der Waals surface area contributed by atoms with Crippen LogP contribution < -0.4 is 0 Å². The first-order valence-corrected chi connectivity index (χ1v) is 9.11. The molecule has 207 valence electrons. The third kappa shape index (κ3) is 5.29. The van der Waals surface area contributed by atoms with Gasteiger partial charge in [0, 0.05) is 22.6 Å². The average molecular weight is 610 g/mol. The second-order valence-electron chi connectivity index (χ2n) is 7.12. The van der Waals surface area contributed by atoms with E-state index in [0.717, 1.165) is 6.92 Å². The zero-order valence-corrected chi connectivity index (χ0v) is 18.8. The number of ketones is 1. The first kappa shape index (κ1) is 30.9. The molecule has 0 aliphatic rings. The van der Waals surface area contributed by atoms with Crippen LogP contribution >= 0.6 is 0 Å². The van der Waals surface area contributed by atoms with Crippen molar-refractivity contribution in [2.75, 3.05) is 0 Å². The van der Waals surface area contributed by atoms with Crippen molar-refractivity contribution in [1.82, 2.24) is 14.8 Å². The quantitative estimate of drug-likeness (QED) is 0.168. The number of aromatic nitrogens is 3. The maximum absolute atomic E-state index is 14.3. The monoisotopic (exact) mass is 610 g/mol. The molecule has 2 heterocycles. The third-order valence-electron chi connectivity index (χ3n) is 4.67. The number of carbonyl (C=O) groups is 1. The first-order valence-electron chi connectivity index (χ1n) is 9.11. The molecule has 0 unspecified atom stereocenters. The summed E-state index contributed by atoms with van der Waals surface area (Å²) >= 11 is 0. The van der Waals surface area contributed by atoms with E-state index in [1.807, 2.05) is 0 Å². The van der Waals surface area contributed by atoms with Crippen LogP contribution in [-0.4, -0.2) is 25.7 Å². The molecule has 1 radical (unpaired) electrons. The minimum atomic E-state index is -5.93. The minimum absolute atomic E-state index is 0. The van der Waals surface area contributed by atoms with Gasteiger partial charge in [-0.05, 0) is 19.1 Å². The summed E-state index contributed by atoms with van der Waals surface area (Å²) < 4.78 is 173. The molecule has 0 bridgehead atoms. The van der Waals surface area contributed by atoms with Crippen LogP contribution in [-0.2, 0) is 35.6 Å². The number of hydrogen-bond acceptors (Lipinski definition) is 4. The van der Waals surface area contributed by atoms with Crippen molar-refractivity contribution in [3.63, 3.8) is 0 Å². The zero-order valence-electron chi connectivity index (χ0n) is 17.6. The Kier molecular flexibility index (Phi) is 7.93. The number of aromatic hydroxyl groups is 1. The number of carbonyl (C=O) groups excluding carboxylic acids is 1. The average Bonchev–Trinajstić information content (AvgIpc) is 3.03. The predicted octanol–water partition coefficient (Wildman–Crippen LogP) is 6.12. The number of nitrogens with zero attached hydrogens (tertiary/aromatic N) is 3. The Bertz CT molecular complexity index is 1360. The summed E-state index contributed by atoms with van der Waals surface area (Å²) in [7, 11) is 0. The maximum atomic E-state index is 14.3. The number of hydrogen-bond donors (Lipinski definition) is 1. The fourth-order valence-corrected chi connectivity index (χ4v) is 3.09. The van der Waals surface area contributed by atoms with E-state index in [-0.39, 0.29) is 29.2 Å². The summed E-state index contributed by atoms with van der Waals surface area (Å²) in [6.45, 7) is 0.729. The summed E-state index contributed by atoms with van der Waals surface area (Å²) in [4.78, 5) is 15.1. The van der Waals surface area contributed by atoms with E-state index in [1.165, 1.54) is 0 Å². The Hall–Kier alpha value is -3.34. The Morgan fingerprint density at radius 3 is 1.58 bits per heavy atom. The summed E-state index contributed by atoms with van der Waals surface area (Å²) in [6, 6.07) is -0.321. The van der Waals surface area contributed by atoms with E-state index >= 15 is 0 Å². The second kappa shape index (κ2) is 9.76. The Balaban J connectivity index is 0.00000507. The van der Waals surface area contributed by atoms with Gasteiger partial charge in [0.25, 0.3) is 0 Å². The Morgan fingerprint density at radius 2 is 1.21 bits per heavy atom. The number of rotatable bonds is 3. The molecule has 0 saturated heterocycles. The van der Waals surface area contributed by atoms with Gasteiger partial charge in [-0.2, -0.15) is 49.3 Å². The van der Waals surface area contributed by atoms with Crippen LogP contribution in [0.4, 0.5) is 57.1 Å². The topological polar surface area (TPSA) is 68.0 Å². The van der Waals surface area contributed by atoms with Gasteiger partial charge < -0.3 is 5.11 Å². The van der Waals surface area contributed by atoms with Crippen molar-refractivity contribution < 1.29 is 84.0 Å². The number of halogens is 13. The molecule has 0 amide bonds. The molecule has 1 aromatic carbocycles. The number of pyridine rings is 1. The van der Waals surface area contributed by atoms with Gasteiger partial charge in [-0.25, -0.2) is 22.5 Å². The van der Waals surface area contributed by atoms with E-state index in [1.54, 1.807) is 0 Å². The maximum Gasteiger partial charge on any atom is 0.433 e. The molecule has 0 aliphatic heterocycles. The van der Waals surface area contributed by atoms with Crippen molar-refractivity contribution in [3.8, 4) is 11.6 Å². The molecule has 3 aromatic rings. The molecule has 0 spiro atoms. The van der Waals surface area contributed by atoms with Crippen LogP contribution in [0.5, 0.6) is 5.88 Å². The SMILES string of the molecule is Cc1nn(-c2c(F)c(F)c(C(F)(F)F)c(F)c2F)c(O)c1C(=O)c1cc(C(F)(F)F)nc(C(F)(F)F)c1.[Mn]. The van der Waals surface area contributed by atoms with Crippen LogP contribution in [0.3, 0.4) is 0 Å². The normalized spacial score (nSPS) is 12.5. The number of alkyl halides is 9. The smallest absolute Gasteiger partial charge is 0.433 e. The largest absolute Gasteiger partial charge is 0.493 e. The fraction of sp³-hybridized carbons (Fsp3) is 0.211. The van der Waals surface area contributed by atoms with Crippen molar-refractivity contribution in [2.24, 2.45) is 0 Å². The van der Waals surface area contributed by atoms with Gasteiger partial charge in [0.15, 0.2) is 23.3 Å². The fourth-order valence-electron chi connectivity index (χ4n) is 3.09. The van der Waals surface area contributed by atoms with Crippen LogP contribution in [0.1, 0.15) is 38.6 Å². The molecular weight excluding hydrogens is 604 g/mol. The predicted molar refractivity (Wildman–Crippen MR) is 92.5 cm³/mol. The van der Waals surface area contributed by atoms with E-state index < -0.39 is 97.6 Å². The van der Waals surface area contributed by atoms with Gasteiger partial charge in [-0.15, -0.1) is 0 Å². The summed E-state index contributed by atoms with van der Waals surface area (Å²) in [5, 5.41) is 13.4. The van der Waals surface area contributed by atoms with E-state index in [0.29, 0.717) is 0 Å². The van der Waals surface area contributed by atoms with Crippen LogP contribution in [0, 0.1) is 30.2 Å². The summed E-state index contributed by atoms with van der Waals surface area (Å²) in [6.07, 6.45) is -16.9. The van der Waals surface area contributed by atoms with E-state index in [2.05, 4.69) is 10.1 Å². The Labute approximate surface area is 211 Å². The van der Waals surface area contributed by atoms with Crippen LogP contribution in [0.25, 0.3) is 5.69 Å². The standard InChI is InChI=1S/C19H6F13N3O2.Mn/c1-4-8(15(36)5-2-6(17(24,25)26)33-7(3-5)18(27,28)29)16(37)35(34-4)14-12(22)10(20)9(19(30,31)32)11(21)13(14)23;/h2-3,37H,1H3;. The van der Waals surface area contributed by atoms with Gasteiger partial charge in [0.1, 0.15) is 28.2 Å². The molecule has 0 fully saturated rings. The molecule has 0 atom stereocenters. The van der Waals surface area contributed by atoms with Crippen LogP contribution in [0.15, 0.2) is 12.1 Å². The molecule has 5 nitrogen and oxygen atoms in total. The molecule has 38 heavy (non-hydrogen) atoms. The molecule has 1 N–H and O–H groups in total. The van der Waals surface area contributed by atoms with Gasteiger partial charge >= 0.3 is 18.5 Å². The molecule has 19 heteroatoms. The van der Waals surface area contributed by atoms with Gasteiger partial charge in [-0.3, -0.25) is 4.79 Å². The van der Waals surface area contributed by atoms with Gasteiger partial charge in [0.05, 0.1) is 5.69 Å². The van der Waals surface area contributed by atoms with Crippen molar-refractivity contribution >= 4 is 5.78 Å². The minimum Gasteiger partial charge on any atom is -0.493 e. The first-order chi connectivity index (χ1) is 16.7. The van der Waals surface area contributed by atoms with Gasteiger partial charge in [-0.1, -0.05) is 0 Å². The summed E-state index contributed by atoms with van der Waals surface area (Å²) in [5.74, 6) is -15.1. The summed E-state index contributed by atoms with van der Waals surface area (Å²) in [5.41, 5.74) is -13.0. The van der Waals surface area contributed by atoms with Crippen molar-refractivity contribution in [1.29, 1.82) is 0 Å². The zero-order chi connectivity index (χ0) is 28.4. The molecule has 0 aliphatic carbocycles. The Morgan fingerprint density at radius 1 is 0.789 bits per heavy atom. The molecule has 2 aromatic heterocycles. The number of aryl methyl sites for hydroxylation is 1.